The van der Waals surface area contributed by atoms with Crippen molar-refractivity contribution in [3.05, 3.63) is 22.1 Å². The van der Waals surface area contributed by atoms with E-state index < -0.39 is 0 Å². The number of fused-ring (bicyclic) bond motifs is 3. The van der Waals surface area contributed by atoms with Gasteiger partial charge in [0.25, 0.3) is 5.56 Å². The van der Waals surface area contributed by atoms with Gasteiger partial charge in [-0.3, -0.25) is 9.36 Å². The topological polar surface area (TPSA) is 53.4 Å². The fourth-order valence-corrected chi connectivity index (χ4v) is 2.65. The van der Waals surface area contributed by atoms with E-state index in [4.69, 9.17) is 9.47 Å². The molecule has 2 aliphatic rings. The van der Waals surface area contributed by atoms with Gasteiger partial charge in [0.2, 0.25) is 0 Å². The number of ether oxygens (including phenoxy) is 2. The third kappa shape index (κ3) is 1.42. The highest BCUT2D eigenvalue weighted by molar-refractivity contribution is 5.14. The second-order valence-electron chi connectivity index (χ2n) is 4.83. The first-order chi connectivity index (χ1) is 8.11. The molecule has 2 aliphatic heterocycles. The Kier molecular flexibility index (Phi) is 2.26. The average molecular weight is 236 g/mol. The number of aryl methyl sites for hydroxylation is 1. The van der Waals surface area contributed by atoms with Crippen LogP contribution in [0.5, 0.6) is 6.01 Å². The molecule has 0 unspecified atom stereocenters. The van der Waals surface area contributed by atoms with Gasteiger partial charge in [-0.1, -0.05) is 13.8 Å². The smallest absolute Gasteiger partial charge is 0.302 e. The Bertz CT molecular complexity index is 511. The average Bonchev–Trinajstić information content (AvgIpc) is 2.78. The van der Waals surface area contributed by atoms with Gasteiger partial charge in [0.05, 0.1) is 6.10 Å². The highest BCUT2D eigenvalue weighted by atomic mass is 16.6. The van der Waals surface area contributed by atoms with Crippen LogP contribution >= 0.6 is 0 Å². The fourth-order valence-electron chi connectivity index (χ4n) is 2.65. The quantitative estimate of drug-likeness (QED) is 0.736. The zero-order chi connectivity index (χ0) is 12.2. The maximum Gasteiger partial charge on any atom is 0.302 e. The molecular formula is C12H16N2O3. The van der Waals surface area contributed by atoms with E-state index in [9.17, 15) is 4.79 Å². The van der Waals surface area contributed by atoms with Gasteiger partial charge in [0.1, 0.15) is 0 Å². The largest absolute Gasteiger partial charge is 0.456 e. The molecule has 5 nitrogen and oxygen atoms in total. The van der Waals surface area contributed by atoms with Crippen molar-refractivity contribution in [2.45, 2.75) is 45.6 Å². The molecule has 1 fully saturated rings. The molecule has 0 spiro atoms. The number of nitrogens with zero attached hydrogens (tertiary/aromatic N) is 2. The third-order valence-electron chi connectivity index (χ3n) is 3.71. The number of hydrogen-bond acceptors (Lipinski definition) is 4. The lowest BCUT2D eigenvalue weighted by Gasteiger charge is -2.15. The van der Waals surface area contributed by atoms with Gasteiger partial charge in [0.15, 0.2) is 12.3 Å². The van der Waals surface area contributed by atoms with Gasteiger partial charge >= 0.3 is 6.01 Å². The van der Waals surface area contributed by atoms with Crippen molar-refractivity contribution in [1.82, 2.24) is 9.55 Å². The Morgan fingerprint density at radius 3 is 3.00 bits per heavy atom. The lowest BCUT2D eigenvalue weighted by atomic mass is 9.99. The summed E-state index contributed by atoms with van der Waals surface area (Å²) in [6.07, 6.45) is 2.82. The van der Waals surface area contributed by atoms with Gasteiger partial charge in [-0.25, -0.2) is 0 Å². The van der Waals surface area contributed by atoms with E-state index in [0.29, 0.717) is 17.5 Å². The minimum absolute atomic E-state index is 0.0198. The minimum atomic E-state index is -0.226. The molecule has 0 aromatic carbocycles. The third-order valence-corrected chi connectivity index (χ3v) is 3.71. The van der Waals surface area contributed by atoms with Crippen molar-refractivity contribution >= 4 is 0 Å². The van der Waals surface area contributed by atoms with Crippen LogP contribution in [0.4, 0.5) is 0 Å². The van der Waals surface area contributed by atoms with Crippen LogP contribution < -0.4 is 10.3 Å². The van der Waals surface area contributed by atoms with Crippen LogP contribution in [-0.2, 0) is 4.74 Å². The monoisotopic (exact) mass is 236 g/mol. The lowest BCUT2D eigenvalue weighted by molar-refractivity contribution is -0.00774. The van der Waals surface area contributed by atoms with Crippen molar-refractivity contribution in [2.75, 3.05) is 0 Å². The van der Waals surface area contributed by atoms with Crippen LogP contribution in [0.2, 0.25) is 0 Å². The van der Waals surface area contributed by atoms with E-state index in [-0.39, 0.29) is 24.0 Å². The Balaban J connectivity index is 2.02. The standard InChI is InChI=1S/C12H16N2O3/c1-4-8-7(3)9-11(16-8)14-5-6(2)10(15)13-12(14)17-9/h5,7-9,11H,4H2,1-3H3/t7-,8-,9+,11-/m1/s1. The molecule has 0 amide bonds. The zero-order valence-electron chi connectivity index (χ0n) is 10.2. The first-order valence-corrected chi connectivity index (χ1v) is 6.03. The molecule has 1 aromatic rings. The number of aromatic nitrogens is 2. The molecule has 17 heavy (non-hydrogen) atoms. The summed E-state index contributed by atoms with van der Waals surface area (Å²) in [5.41, 5.74) is 0.394. The summed E-state index contributed by atoms with van der Waals surface area (Å²) in [5.74, 6) is 0.321. The highest BCUT2D eigenvalue weighted by Gasteiger charge is 2.48. The molecule has 3 rings (SSSR count). The maximum absolute atomic E-state index is 11.5. The SMILES string of the molecule is CC[C@H]1O[C@@H]2[C@@H](Oc3nc(=O)c(C)cn32)[C@@H]1C. The van der Waals surface area contributed by atoms with Crippen LogP contribution in [0.1, 0.15) is 32.1 Å². The van der Waals surface area contributed by atoms with Crippen molar-refractivity contribution < 1.29 is 9.47 Å². The van der Waals surface area contributed by atoms with Crippen LogP contribution in [0, 0.1) is 12.8 Å². The molecule has 5 heteroatoms. The number of rotatable bonds is 1. The Morgan fingerprint density at radius 2 is 2.29 bits per heavy atom. The van der Waals surface area contributed by atoms with Crippen molar-refractivity contribution in [3.63, 3.8) is 0 Å². The van der Waals surface area contributed by atoms with Crippen molar-refractivity contribution in [3.8, 4) is 6.01 Å². The van der Waals surface area contributed by atoms with Crippen molar-refractivity contribution in [2.24, 2.45) is 5.92 Å². The second kappa shape index (κ2) is 3.57. The van der Waals surface area contributed by atoms with Crippen LogP contribution in [0.15, 0.2) is 11.0 Å². The molecule has 3 heterocycles. The Hall–Kier alpha value is -1.36. The molecule has 1 saturated heterocycles. The first kappa shape index (κ1) is 10.8. The molecule has 0 radical (unpaired) electrons. The van der Waals surface area contributed by atoms with E-state index in [0.717, 1.165) is 6.42 Å². The summed E-state index contributed by atoms with van der Waals surface area (Å²) in [5, 5.41) is 0. The molecule has 0 N–H and O–H groups in total. The van der Waals surface area contributed by atoms with Gasteiger partial charge in [-0.15, -0.1) is 0 Å². The predicted molar refractivity (Wildman–Crippen MR) is 61.0 cm³/mol. The van der Waals surface area contributed by atoms with E-state index in [2.05, 4.69) is 18.8 Å². The molecule has 4 atom stereocenters. The van der Waals surface area contributed by atoms with Gasteiger partial charge in [-0.2, -0.15) is 4.98 Å². The maximum atomic E-state index is 11.5. The number of hydrogen-bond donors (Lipinski definition) is 0. The van der Waals surface area contributed by atoms with E-state index >= 15 is 0 Å². The van der Waals surface area contributed by atoms with Crippen LogP contribution in [0.25, 0.3) is 0 Å². The van der Waals surface area contributed by atoms with Gasteiger partial charge in [-0.05, 0) is 13.3 Å². The fraction of sp³-hybridized carbons (Fsp3) is 0.667. The molecule has 1 aromatic heterocycles. The zero-order valence-corrected chi connectivity index (χ0v) is 10.2. The van der Waals surface area contributed by atoms with Gasteiger partial charge < -0.3 is 9.47 Å². The summed E-state index contributed by atoms with van der Waals surface area (Å²) in [4.78, 5) is 15.4. The summed E-state index contributed by atoms with van der Waals surface area (Å²) < 4.78 is 13.5. The van der Waals surface area contributed by atoms with Crippen LogP contribution in [-0.4, -0.2) is 21.8 Å². The minimum Gasteiger partial charge on any atom is -0.456 e. The van der Waals surface area contributed by atoms with E-state index in [1.54, 1.807) is 13.1 Å². The van der Waals surface area contributed by atoms with Crippen molar-refractivity contribution in [1.29, 1.82) is 0 Å². The summed E-state index contributed by atoms with van der Waals surface area (Å²) in [6.45, 7) is 5.99. The summed E-state index contributed by atoms with van der Waals surface area (Å²) in [7, 11) is 0. The first-order valence-electron chi connectivity index (χ1n) is 6.03. The Labute approximate surface area is 99.4 Å². The van der Waals surface area contributed by atoms with Crippen LogP contribution in [0.3, 0.4) is 0 Å². The Morgan fingerprint density at radius 1 is 1.53 bits per heavy atom. The summed E-state index contributed by atoms with van der Waals surface area (Å²) >= 11 is 0. The molecular weight excluding hydrogens is 220 g/mol. The van der Waals surface area contributed by atoms with E-state index in [1.807, 2.05) is 4.57 Å². The predicted octanol–water partition coefficient (Wildman–Crippen LogP) is 1.26. The molecule has 0 saturated carbocycles. The lowest BCUT2D eigenvalue weighted by Crippen LogP contribution is -2.24. The highest BCUT2D eigenvalue weighted by Crippen LogP contribution is 2.42. The normalized spacial score (nSPS) is 34.3. The molecule has 92 valence electrons. The molecule has 0 aliphatic carbocycles. The summed E-state index contributed by atoms with van der Waals surface area (Å²) in [6, 6.07) is 0.386. The molecule has 0 bridgehead atoms. The second-order valence-corrected chi connectivity index (χ2v) is 4.83. The van der Waals surface area contributed by atoms with Gasteiger partial charge in [0, 0.05) is 17.7 Å². The van der Waals surface area contributed by atoms with E-state index in [1.165, 1.54) is 0 Å².